The van der Waals surface area contributed by atoms with Gasteiger partial charge in [-0.15, -0.1) is 0 Å². The van der Waals surface area contributed by atoms with Gasteiger partial charge < -0.3 is 4.79 Å². The van der Waals surface area contributed by atoms with E-state index in [4.69, 9.17) is 0 Å². The average Bonchev–Trinajstić information content (AvgIpc) is 1.59. The molecule has 0 unspecified atom stereocenters. The number of hydrogen-bond acceptors (Lipinski definition) is 1. The van der Waals surface area contributed by atoms with E-state index in [0.717, 1.165) is 18.9 Å². The van der Waals surface area contributed by atoms with Crippen molar-refractivity contribution in [2.75, 3.05) is 0 Å². The molecule has 0 amide bonds. The maximum absolute atomic E-state index is 11.1. The van der Waals surface area contributed by atoms with Crippen molar-refractivity contribution in [3.63, 3.8) is 0 Å². The second-order valence-electron chi connectivity index (χ2n) is 4.03. The highest BCUT2D eigenvalue weighted by Crippen LogP contribution is 2.10. The molecular formula is C8H18OSi. The van der Waals surface area contributed by atoms with Crippen LogP contribution in [0.1, 0.15) is 19.8 Å². The van der Waals surface area contributed by atoms with Crippen LogP contribution in [0.4, 0.5) is 0 Å². The Morgan fingerprint density at radius 1 is 1.30 bits per heavy atom. The molecule has 0 bridgehead atoms. The first-order valence-electron chi connectivity index (χ1n) is 3.97. The van der Waals surface area contributed by atoms with Crippen LogP contribution >= 0.6 is 0 Å². The van der Waals surface area contributed by atoms with Crippen LogP contribution in [-0.2, 0) is 4.79 Å². The zero-order valence-corrected chi connectivity index (χ0v) is 8.53. The van der Waals surface area contributed by atoms with Gasteiger partial charge in [-0.2, -0.15) is 0 Å². The summed E-state index contributed by atoms with van der Waals surface area (Å²) in [4.78, 5) is 11.1. The maximum Gasteiger partial charge on any atom is 0.130 e. The molecule has 0 atom stereocenters. The highest BCUT2D eigenvalue weighted by Gasteiger charge is 2.16. The lowest BCUT2D eigenvalue weighted by Crippen LogP contribution is -2.23. The molecule has 0 fully saturated rings. The van der Waals surface area contributed by atoms with Gasteiger partial charge in [-0.25, -0.2) is 0 Å². The molecule has 0 aliphatic carbocycles. The van der Waals surface area contributed by atoms with E-state index in [1.165, 1.54) is 0 Å². The summed E-state index contributed by atoms with van der Waals surface area (Å²) in [5.41, 5.74) is 0. The summed E-state index contributed by atoms with van der Waals surface area (Å²) < 4.78 is 0. The van der Waals surface area contributed by atoms with Gasteiger partial charge in [0.05, 0.1) is 8.07 Å². The van der Waals surface area contributed by atoms with Crippen molar-refractivity contribution in [2.24, 2.45) is 0 Å². The molecule has 0 saturated heterocycles. The topological polar surface area (TPSA) is 17.1 Å². The van der Waals surface area contributed by atoms with Crippen molar-refractivity contribution in [3.8, 4) is 0 Å². The van der Waals surface area contributed by atoms with E-state index >= 15 is 0 Å². The molecule has 60 valence electrons. The minimum absolute atomic E-state index is 0.460. The molecule has 0 saturated carbocycles. The van der Waals surface area contributed by atoms with Crippen molar-refractivity contribution < 1.29 is 4.79 Å². The summed E-state index contributed by atoms with van der Waals surface area (Å²) in [6.45, 7) is 8.77. The lowest BCUT2D eigenvalue weighted by atomic mass is 10.3. The fraction of sp³-hybridized carbons (Fsp3) is 0.875. The molecule has 0 rings (SSSR count). The molecular weight excluding hydrogens is 140 g/mol. The zero-order valence-electron chi connectivity index (χ0n) is 7.53. The van der Waals surface area contributed by atoms with Crippen molar-refractivity contribution in [1.29, 1.82) is 0 Å². The number of rotatable bonds is 4. The number of carbonyl (C=O) groups excluding carboxylic acids is 1. The number of hydrogen-bond donors (Lipinski definition) is 0. The molecule has 0 aromatic heterocycles. The number of Topliss-reactive ketones (excluding diaryl/α,β-unsaturated/α-hetero) is 1. The minimum Gasteiger partial charge on any atom is -0.300 e. The van der Waals surface area contributed by atoms with Gasteiger partial charge in [0.1, 0.15) is 5.78 Å². The third kappa shape index (κ3) is 6.01. The van der Waals surface area contributed by atoms with Crippen LogP contribution in [0, 0.1) is 0 Å². The van der Waals surface area contributed by atoms with E-state index in [-0.39, 0.29) is 0 Å². The van der Waals surface area contributed by atoms with Crippen LogP contribution in [0.3, 0.4) is 0 Å². The lowest BCUT2D eigenvalue weighted by Gasteiger charge is -2.13. The van der Waals surface area contributed by atoms with E-state index in [1.54, 1.807) is 0 Å². The van der Waals surface area contributed by atoms with Crippen LogP contribution in [0.2, 0.25) is 25.7 Å². The fourth-order valence-electron chi connectivity index (χ4n) is 0.959. The van der Waals surface area contributed by atoms with Gasteiger partial charge in [-0.1, -0.05) is 26.6 Å². The molecule has 10 heavy (non-hydrogen) atoms. The maximum atomic E-state index is 11.1. The minimum atomic E-state index is -1.11. The normalized spacial score (nSPS) is 11.6. The predicted molar refractivity (Wildman–Crippen MR) is 48.1 cm³/mol. The molecule has 0 spiro atoms. The quantitative estimate of drug-likeness (QED) is 0.575. The van der Waals surface area contributed by atoms with Gasteiger partial charge >= 0.3 is 0 Å². The Kier molecular flexibility index (Phi) is 3.87. The Morgan fingerprint density at radius 3 is 2.10 bits per heavy atom. The lowest BCUT2D eigenvalue weighted by molar-refractivity contribution is -0.117. The van der Waals surface area contributed by atoms with Gasteiger partial charge in [0.2, 0.25) is 0 Å². The summed E-state index contributed by atoms with van der Waals surface area (Å²) in [6.07, 6.45) is 1.79. The summed E-state index contributed by atoms with van der Waals surface area (Å²) in [6, 6.07) is 0.862. The first-order valence-corrected chi connectivity index (χ1v) is 7.68. The van der Waals surface area contributed by atoms with Crippen molar-refractivity contribution in [3.05, 3.63) is 0 Å². The standard InChI is InChI=1S/C8H18OSi/c1-5-6-8(9)7-10(2,3)4/h5-7H2,1-4H3. The third-order valence-corrected chi connectivity index (χ3v) is 2.71. The second-order valence-corrected chi connectivity index (χ2v) is 9.50. The molecule has 0 aliphatic rings. The van der Waals surface area contributed by atoms with Gasteiger partial charge in [0.15, 0.2) is 0 Å². The predicted octanol–water partition coefficient (Wildman–Crippen LogP) is 2.69. The zero-order chi connectivity index (χ0) is 8.20. The van der Waals surface area contributed by atoms with E-state index in [0.29, 0.717) is 5.78 Å². The summed E-state index contributed by atoms with van der Waals surface area (Å²) >= 11 is 0. The highest BCUT2D eigenvalue weighted by atomic mass is 28.3. The van der Waals surface area contributed by atoms with Gasteiger partial charge in [-0.05, 0) is 6.42 Å². The SMILES string of the molecule is CCCC(=O)C[Si](C)(C)C. The van der Waals surface area contributed by atoms with Crippen LogP contribution in [0.25, 0.3) is 0 Å². The first kappa shape index (κ1) is 9.89. The number of carbonyl (C=O) groups is 1. The molecule has 1 nitrogen and oxygen atoms in total. The Bertz CT molecular complexity index is 113. The Labute approximate surface area is 64.8 Å². The van der Waals surface area contributed by atoms with E-state index in [2.05, 4.69) is 26.6 Å². The molecule has 0 N–H and O–H groups in total. The summed E-state index contributed by atoms with van der Waals surface area (Å²) in [7, 11) is -1.11. The molecule has 0 aliphatic heterocycles. The van der Waals surface area contributed by atoms with Crippen LogP contribution < -0.4 is 0 Å². The first-order chi connectivity index (χ1) is 4.45. The van der Waals surface area contributed by atoms with Crippen LogP contribution in [0.5, 0.6) is 0 Å². The smallest absolute Gasteiger partial charge is 0.130 e. The van der Waals surface area contributed by atoms with Gasteiger partial charge in [0.25, 0.3) is 0 Å². The van der Waals surface area contributed by atoms with Crippen molar-refractivity contribution in [1.82, 2.24) is 0 Å². The highest BCUT2D eigenvalue weighted by molar-refractivity contribution is 6.78. The monoisotopic (exact) mass is 158 g/mol. The van der Waals surface area contributed by atoms with Crippen LogP contribution in [-0.4, -0.2) is 13.9 Å². The van der Waals surface area contributed by atoms with Gasteiger partial charge in [-0.3, -0.25) is 0 Å². The number of ketones is 1. The van der Waals surface area contributed by atoms with E-state index in [1.807, 2.05) is 0 Å². The largest absolute Gasteiger partial charge is 0.300 e. The Balaban J connectivity index is 3.58. The Morgan fingerprint density at radius 2 is 1.80 bits per heavy atom. The van der Waals surface area contributed by atoms with Crippen LogP contribution in [0.15, 0.2) is 0 Å². The van der Waals surface area contributed by atoms with Crippen molar-refractivity contribution in [2.45, 2.75) is 45.5 Å². The molecule has 2 heteroatoms. The van der Waals surface area contributed by atoms with Gasteiger partial charge in [0, 0.05) is 12.5 Å². The van der Waals surface area contributed by atoms with E-state index in [9.17, 15) is 4.79 Å². The average molecular weight is 158 g/mol. The fourth-order valence-corrected chi connectivity index (χ4v) is 2.32. The van der Waals surface area contributed by atoms with E-state index < -0.39 is 8.07 Å². The van der Waals surface area contributed by atoms with Crippen molar-refractivity contribution >= 4 is 13.9 Å². The summed E-state index contributed by atoms with van der Waals surface area (Å²) in [5.74, 6) is 0.460. The summed E-state index contributed by atoms with van der Waals surface area (Å²) in [5, 5.41) is 0. The molecule has 0 radical (unpaired) electrons. The third-order valence-electron chi connectivity index (χ3n) is 1.26. The molecule has 0 aromatic rings. The molecule has 0 heterocycles. The molecule has 0 aromatic carbocycles. The second kappa shape index (κ2) is 3.91. The Hall–Kier alpha value is -0.113.